The predicted molar refractivity (Wildman–Crippen MR) is 47.3 cm³/mol. The maximum atomic E-state index is 4.14. The van der Waals surface area contributed by atoms with Gasteiger partial charge in [0.25, 0.3) is 0 Å². The van der Waals surface area contributed by atoms with Crippen LogP contribution in [0.15, 0.2) is 0 Å². The number of hydrogen-bond acceptors (Lipinski definition) is 3. The molecule has 0 heterocycles. The standard InChI is InChI=1S/C3H9AsS3/c5-1-4(2-6)3-7/h5-7H,1-3H2. The summed E-state index contributed by atoms with van der Waals surface area (Å²) in [7, 11) is 0. The Bertz CT molecular complexity index is 31.7. The van der Waals surface area contributed by atoms with Crippen LogP contribution in [0.3, 0.4) is 0 Å². The van der Waals surface area contributed by atoms with Crippen molar-refractivity contribution in [3.8, 4) is 0 Å². The molecule has 0 aromatic rings. The Balaban J connectivity index is 2.99. The molecule has 44 valence electrons. The maximum absolute atomic E-state index is 4.14. The van der Waals surface area contributed by atoms with E-state index in [0.29, 0.717) is 0 Å². The van der Waals surface area contributed by atoms with E-state index in [-0.39, 0.29) is 0 Å². The van der Waals surface area contributed by atoms with E-state index in [1.807, 2.05) is 0 Å². The van der Waals surface area contributed by atoms with Crippen LogP contribution < -0.4 is 0 Å². The molecule has 0 fully saturated rings. The number of rotatable bonds is 3. The first-order chi connectivity index (χ1) is 3.35. The van der Waals surface area contributed by atoms with Crippen molar-refractivity contribution in [2.45, 2.75) is 0 Å². The van der Waals surface area contributed by atoms with Gasteiger partial charge >= 0.3 is 66.2 Å². The van der Waals surface area contributed by atoms with Crippen molar-refractivity contribution in [3.05, 3.63) is 0 Å². The topological polar surface area (TPSA) is 0 Å². The van der Waals surface area contributed by atoms with Crippen LogP contribution in [0.25, 0.3) is 0 Å². The molecule has 0 aliphatic rings. The molecule has 0 rings (SSSR count). The van der Waals surface area contributed by atoms with Crippen molar-refractivity contribution < 1.29 is 0 Å². The second-order valence-electron chi connectivity index (χ2n) is 1.10. The van der Waals surface area contributed by atoms with Crippen LogP contribution in [-0.2, 0) is 0 Å². The first-order valence-electron chi connectivity index (χ1n) is 1.90. The summed E-state index contributed by atoms with van der Waals surface area (Å²) in [6.07, 6.45) is 0. The Morgan fingerprint density at radius 2 is 1.14 bits per heavy atom. The average Bonchev–Trinajstić information content (AvgIpc) is 1.72. The first kappa shape index (κ1) is 8.61. The van der Waals surface area contributed by atoms with E-state index in [0.717, 1.165) is 13.6 Å². The SMILES string of the molecule is SC[As](CS)CS. The zero-order valence-electron chi connectivity index (χ0n) is 3.91. The van der Waals surface area contributed by atoms with E-state index < -0.39 is 14.7 Å². The molecule has 0 radical (unpaired) electrons. The Morgan fingerprint density at radius 1 is 0.857 bits per heavy atom. The van der Waals surface area contributed by atoms with Gasteiger partial charge in [0, 0.05) is 0 Å². The molecule has 0 aliphatic carbocycles. The van der Waals surface area contributed by atoms with Crippen molar-refractivity contribution in [1.82, 2.24) is 0 Å². The van der Waals surface area contributed by atoms with Crippen LogP contribution in [0.1, 0.15) is 0 Å². The van der Waals surface area contributed by atoms with Crippen LogP contribution in [0, 0.1) is 0 Å². The van der Waals surface area contributed by atoms with E-state index in [9.17, 15) is 0 Å². The number of thiol groups is 3. The van der Waals surface area contributed by atoms with Crippen LogP contribution in [0.4, 0.5) is 0 Å². The average molecular weight is 216 g/mol. The molecule has 0 amide bonds. The predicted octanol–water partition coefficient (Wildman–Crippen LogP) is 0.888. The van der Waals surface area contributed by atoms with E-state index >= 15 is 0 Å². The molecule has 0 saturated carbocycles. The molecular formula is C3H9AsS3. The van der Waals surface area contributed by atoms with Gasteiger partial charge in [-0.3, -0.25) is 0 Å². The van der Waals surface area contributed by atoms with Gasteiger partial charge in [0.05, 0.1) is 0 Å². The van der Waals surface area contributed by atoms with Gasteiger partial charge in [0.1, 0.15) is 0 Å². The molecule has 4 heteroatoms. The molecule has 7 heavy (non-hydrogen) atoms. The van der Waals surface area contributed by atoms with Crippen LogP contribution in [-0.4, -0.2) is 28.3 Å². The molecule has 0 spiro atoms. The summed E-state index contributed by atoms with van der Waals surface area (Å²) in [4.78, 5) is 0. The minimum atomic E-state index is -0.637. The van der Waals surface area contributed by atoms with Crippen LogP contribution in [0.2, 0.25) is 0 Å². The summed E-state index contributed by atoms with van der Waals surface area (Å²) in [5.74, 6) is 0. The molecule has 0 aliphatic heterocycles. The normalized spacial score (nSPS) is 10.3. The van der Waals surface area contributed by atoms with Crippen molar-refractivity contribution in [1.29, 1.82) is 0 Å². The molecule has 0 bridgehead atoms. The second-order valence-corrected chi connectivity index (χ2v) is 10.1. The van der Waals surface area contributed by atoms with E-state index in [4.69, 9.17) is 0 Å². The van der Waals surface area contributed by atoms with Crippen LogP contribution in [0.5, 0.6) is 0 Å². The summed E-state index contributed by atoms with van der Waals surface area (Å²) in [5.41, 5.74) is 0. The zero-order valence-corrected chi connectivity index (χ0v) is 8.47. The summed E-state index contributed by atoms with van der Waals surface area (Å²) in [6, 6.07) is 0. The zero-order chi connectivity index (χ0) is 5.70. The fourth-order valence-corrected chi connectivity index (χ4v) is 6.27. The molecule has 0 atom stereocenters. The summed E-state index contributed by atoms with van der Waals surface area (Å²) >= 11 is 11.8. The fourth-order valence-electron chi connectivity index (χ4n) is 0.134. The summed E-state index contributed by atoms with van der Waals surface area (Å²) in [5, 5.41) is 0. The van der Waals surface area contributed by atoms with E-state index in [1.165, 1.54) is 0 Å². The third-order valence-corrected chi connectivity index (χ3v) is 9.35. The molecule has 0 saturated heterocycles. The van der Waals surface area contributed by atoms with Gasteiger partial charge in [-0.15, -0.1) is 0 Å². The molecule has 0 unspecified atom stereocenters. The summed E-state index contributed by atoms with van der Waals surface area (Å²) in [6.45, 7) is 0. The van der Waals surface area contributed by atoms with Gasteiger partial charge in [-0.25, -0.2) is 0 Å². The van der Waals surface area contributed by atoms with Gasteiger partial charge < -0.3 is 0 Å². The molecule has 0 aromatic carbocycles. The third kappa shape index (κ3) is 4.13. The van der Waals surface area contributed by atoms with Crippen LogP contribution >= 0.6 is 37.9 Å². The van der Waals surface area contributed by atoms with Gasteiger partial charge in [-0.2, -0.15) is 0 Å². The van der Waals surface area contributed by atoms with E-state index in [2.05, 4.69) is 37.9 Å². The van der Waals surface area contributed by atoms with Crippen molar-refractivity contribution in [2.24, 2.45) is 0 Å². The molecule has 0 N–H and O–H groups in total. The minimum absolute atomic E-state index is 0.637. The van der Waals surface area contributed by atoms with Crippen molar-refractivity contribution in [3.63, 3.8) is 0 Å². The Labute approximate surface area is 65.9 Å². The van der Waals surface area contributed by atoms with Gasteiger partial charge in [-0.1, -0.05) is 0 Å². The number of hydrogen-bond donors (Lipinski definition) is 3. The Kier molecular flexibility index (Phi) is 7.06. The van der Waals surface area contributed by atoms with Gasteiger partial charge in [-0.05, 0) is 0 Å². The molecular weight excluding hydrogens is 207 g/mol. The van der Waals surface area contributed by atoms with Gasteiger partial charge in [0.15, 0.2) is 0 Å². The quantitative estimate of drug-likeness (QED) is 0.453. The fraction of sp³-hybridized carbons (Fsp3) is 1.00. The first-order valence-corrected chi connectivity index (χ1v) is 7.78. The van der Waals surface area contributed by atoms with E-state index in [1.54, 1.807) is 0 Å². The van der Waals surface area contributed by atoms with Crippen molar-refractivity contribution >= 4 is 52.5 Å². The molecule has 0 nitrogen and oxygen atoms in total. The summed E-state index contributed by atoms with van der Waals surface area (Å²) < 4.78 is 3.12. The Hall–Kier alpha value is 1.61. The third-order valence-electron chi connectivity index (χ3n) is 0.600. The molecule has 0 aromatic heterocycles. The van der Waals surface area contributed by atoms with Gasteiger partial charge in [0.2, 0.25) is 0 Å². The van der Waals surface area contributed by atoms with Crippen molar-refractivity contribution in [2.75, 3.05) is 13.6 Å². The Morgan fingerprint density at radius 3 is 1.14 bits per heavy atom. The monoisotopic (exact) mass is 216 g/mol. The second kappa shape index (κ2) is 5.74.